The fourth-order valence-corrected chi connectivity index (χ4v) is 3.85. The van der Waals surface area contributed by atoms with E-state index in [1.165, 1.54) is 50.9 Å². The normalized spacial score (nSPS) is 11.5. The number of nitrogens with zero attached hydrogens (tertiary/aromatic N) is 2. The van der Waals surface area contributed by atoms with Gasteiger partial charge in [-0.3, -0.25) is 9.59 Å². The van der Waals surface area contributed by atoms with Crippen LogP contribution in [0.3, 0.4) is 0 Å². The maximum Gasteiger partial charge on any atom is 0.307 e. The Bertz CT molecular complexity index is 1140. The Labute approximate surface area is 170 Å². The summed E-state index contributed by atoms with van der Waals surface area (Å²) in [6, 6.07) is 9.03. The summed E-state index contributed by atoms with van der Waals surface area (Å²) in [4.78, 5) is 28.9. The quantitative estimate of drug-likeness (QED) is 0.575. The van der Waals surface area contributed by atoms with E-state index in [9.17, 15) is 14.0 Å². The Kier molecular flexibility index (Phi) is 6.28. The van der Waals surface area contributed by atoms with Gasteiger partial charge in [0.25, 0.3) is 5.91 Å². The third-order valence-corrected chi connectivity index (χ3v) is 5.28. The monoisotopic (exact) mass is 418 g/mol. The summed E-state index contributed by atoms with van der Waals surface area (Å²) in [6.45, 7) is 0.246. The van der Waals surface area contributed by atoms with Crippen molar-refractivity contribution >= 4 is 33.4 Å². The van der Waals surface area contributed by atoms with Crippen molar-refractivity contribution < 1.29 is 28.2 Å². The van der Waals surface area contributed by atoms with Crippen LogP contribution < -0.4 is 14.3 Å². The summed E-state index contributed by atoms with van der Waals surface area (Å²) in [5.74, 6) is -0.377. The van der Waals surface area contributed by atoms with Crippen molar-refractivity contribution in [2.24, 2.45) is 4.99 Å². The molecule has 0 atom stereocenters. The van der Waals surface area contributed by atoms with Gasteiger partial charge in [-0.2, -0.15) is 4.99 Å². The van der Waals surface area contributed by atoms with Gasteiger partial charge in [0, 0.05) is 12.1 Å². The van der Waals surface area contributed by atoms with Crippen molar-refractivity contribution in [1.82, 2.24) is 4.57 Å². The van der Waals surface area contributed by atoms with Gasteiger partial charge in [-0.25, -0.2) is 4.39 Å². The summed E-state index contributed by atoms with van der Waals surface area (Å²) in [5, 5.41) is 0. The minimum absolute atomic E-state index is 0.0947. The first-order valence-electron chi connectivity index (χ1n) is 8.63. The van der Waals surface area contributed by atoms with Crippen molar-refractivity contribution in [1.29, 1.82) is 0 Å². The molecule has 0 unspecified atom stereocenters. The van der Waals surface area contributed by atoms with Crippen LogP contribution in [-0.2, 0) is 16.1 Å². The molecule has 1 amide bonds. The number of methoxy groups -OCH3 is 3. The van der Waals surface area contributed by atoms with E-state index < -0.39 is 17.7 Å². The average Bonchev–Trinajstić information content (AvgIpc) is 3.06. The van der Waals surface area contributed by atoms with Gasteiger partial charge in [-0.15, -0.1) is 0 Å². The maximum absolute atomic E-state index is 13.6. The third-order valence-electron chi connectivity index (χ3n) is 4.24. The van der Waals surface area contributed by atoms with Crippen LogP contribution >= 0.6 is 11.3 Å². The van der Waals surface area contributed by atoms with E-state index in [1.54, 1.807) is 22.8 Å². The largest absolute Gasteiger partial charge is 0.493 e. The molecule has 0 aliphatic rings. The van der Waals surface area contributed by atoms with Crippen molar-refractivity contribution in [2.45, 2.75) is 13.0 Å². The molecule has 3 rings (SSSR count). The standard InChI is InChI=1S/C20H19FN2O5S/c1-26-15-7-4-12(10-16(15)27-2)19(25)22-20-23(9-8-18(24)28-3)14-6-5-13(21)11-17(14)29-20/h4-7,10-11H,8-9H2,1-3H3. The second-order valence-electron chi connectivity index (χ2n) is 5.96. The molecule has 9 heteroatoms. The highest BCUT2D eigenvalue weighted by Gasteiger charge is 2.13. The van der Waals surface area contributed by atoms with E-state index >= 15 is 0 Å². The van der Waals surface area contributed by atoms with Crippen LogP contribution in [0.25, 0.3) is 10.2 Å². The molecule has 0 spiro atoms. The number of carbonyl (C=O) groups excluding carboxylic acids is 2. The number of benzene rings is 2. The van der Waals surface area contributed by atoms with Gasteiger partial charge in [0.15, 0.2) is 16.3 Å². The minimum Gasteiger partial charge on any atom is -0.493 e. The van der Waals surface area contributed by atoms with Gasteiger partial charge in [0.1, 0.15) is 5.82 Å². The van der Waals surface area contributed by atoms with Crippen LogP contribution in [0.15, 0.2) is 41.4 Å². The molecule has 0 fully saturated rings. The van der Waals surface area contributed by atoms with E-state index in [2.05, 4.69) is 9.73 Å². The fourth-order valence-electron chi connectivity index (χ4n) is 2.77. The first-order chi connectivity index (χ1) is 14.0. The van der Waals surface area contributed by atoms with Crippen LogP contribution in [0.2, 0.25) is 0 Å². The van der Waals surface area contributed by atoms with E-state index in [0.717, 1.165) is 0 Å². The summed E-state index contributed by atoms with van der Waals surface area (Å²) in [7, 11) is 4.29. The number of thiazole rings is 1. The zero-order chi connectivity index (χ0) is 21.0. The summed E-state index contributed by atoms with van der Waals surface area (Å²) in [6.07, 6.45) is 0.0947. The first-order valence-corrected chi connectivity index (χ1v) is 9.45. The Hall–Kier alpha value is -3.20. The van der Waals surface area contributed by atoms with Crippen LogP contribution in [0.5, 0.6) is 11.5 Å². The molecule has 0 saturated heterocycles. The average molecular weight is 418 g/mol. The summed E-state index contributed by atoms with van der Waals surface area (Å²) < 4.78 is 31.0. The molecule has 3 aromatic rings. The van der Waals surface area contributed by atoms with Gasteiger partial charge in [-0.1, -0.05) is 11.3 Å². The van der Waals surface area contributed by atoms with E-state index in [4.69, 9.17) is 9.47 Å². The van der Waals surface area contributed by atoms with Gasteiger partial charge >= 0.3 is 5.97 Å². The van der Waals surface area contributed by atoms with Crippen LogP contribution in [0.4, 0.5) is 4.39 Å². The number of amides is 1. The lowest BCUT2D eigenvalue weighted by molar-refractivity contribution is -0.140. The number of carbonyl (C=O) groups is 2. The lowest BCUT2D eigenvalue weighted by atomic mass is 10.2. The SMILES string of the molecule is COC(=O)CCn1c(=NC(=O)c2ccc(OC)c(OC)c2)sc2cc(F)ccc21. The fraction of sp³-hybridized carbons (Fsp3) is 0.250. The predicted molar refractivity (Wildman–Crippen MR) is 106 cm³/mol. The molecule has 0 aliphatic carbocycles. The molecule has 1 aromatic heterocycles. The predicted octanol–water partition coefficient (Wildman–Crippen LogP) is 3.16. The molecular weight excluding hydrogens is 399 g/mol. The first kappa shape index (κ1) is 20.5. The lowest BCUT2D eigenvalue weighted by Crippen LogP contribution is -2.19. The number of hydrogen-bond acceptors (Lipinski definition) is 6. The number of aryl methyl sites for hydroxylation is 1. The second kappa shape index (κ2) is 8.87. The Morgan fingerprint density at radius 3 is 2.52 bits per heavy atom. The van der Waals surface area contributed by atoms with Crippen molar-refractivity contribution in [3.8, 4) is 11.5 Å². The van der Waals surface area contributed by atoms with Crippen LogP contribution in [-0.4, -0.2) is 37.8 Å². The molecule has 0 saturated carbocycles. The Morgan fingerprint density at radius 2 is 1.83 bits per heavy atom. The van der Waals surface area contributed by atoms with Crippen LogP contribution in [0.1, 0.15) is 16.8 Å². The van der Waals surface area contributed by atoms with E-state index in [-0.39, 0.29) is 13.0 Å². The highest BCUT2D eigenvalue weighted by Crippen LogP contribution is 2.28. The van der Waals surface area contributed by atoms with E-state index in [1.807, 2.05) is 0 Å². The molecule has 0 bridgehead atoms. The molecule has 0 aliphatic heterocycles. The zero-order valence-electron chi connectivity index (χ0n) is 16.1. The van der Waals surface area contributed by atoms with Crippen molar-refractivity contribution in [3.63, 3.8) is 0 Å². The molecule has 1 heterocycles. The molecule has 0 radical (unpaired) electrons. The van der Waals surface area contributed by atoms with Gasteiger partial charge in [-0.05, 0) is 36.4 Å². The number of fused-ring (bicyclic) bond motifs is 1. The van der Waals surface area contributed by atoms with E-state index in [0.29, 0.717) is 32.1 Å². The molecule has 29 heavy (non-hydrogen) atoms. The van der Waals surface area contributed by atoms with Crippen molar-refractivity contribution in [3.05, 3.63) is 52.6 Å². The highest BCUT2D eigenvalue weighted by atomic mass is 32.1. The van der Waals surface area contributed by atoms with Gasteiger partial charge in [0.05, 0.1) is 38.0 Å². The maximum atomic E-state index is 13.6. The van der Waals surface area contributed by atoms with Gasteiger partial charge in [0.2, 0.25) is 0 Å². The number of aromatic nitrogens is 1. The molecule has 7 nitrogen and oxygen atoms in total. The minimum atomic E-state index is -0.496. The molecule has 0 N–H and O–H groups in total. The molecule has 152 valence electrons. The molecular formula is C20H19FN2O5S. The number of hydrogen-bond donors (Lipinski definition) is 0. The van der Waals surface area contributed by atoms with Crippen LogP contribution in [0, 0.1) is 5.82 Å². The topological polar surface area (TPSA) is 79.1 Å². The smallest absolute Gasteiger partial charge is 0.307 e. The second-order valence-corrected chi connectivity index (χ2v) is 6.97. The summed E-state index contributed by atoms with van der Waals surface area (Å²) >= 11 is 1.17. The summed E-state index contributed by atoms with van der Waals surface area (Å²) in [5.41, 5.74) is 0.991. The number of halogens is 1. The van der Waals surface area contributed by atoms with Crippen molar-refractivity contribution in [2.75, 3.05) is 21.3 Å². The molecule has 2 aromatic carbocycles. The lowest BCUT2D eigenvalue weighted by Gasteiger charge is -2.08. The number of esters is 1. The highest BCUT2D eigenvalue weighted by molar-refractivity contribution is 7.16. The Balaban J connectivity index is 2.06. The number of rotatable bonds is 6. The zero-order valence-corrected chi connectivity index (χ0v) is 16.9. The van der Waals surface area contributed by atoms with Gasteiger partial charge < -0.3 is 18.8 Å². The third kappa shape index (κ3) is 4.45. The number of ether oxygens (including phenoxy) is 3. The Morgan fingerprint density at radius 1 is 1.07 bits per heavy atom.